The summed E-state index contributed by atoms with van der Waals surface area (Å²) in [6, 6.07) is 7.30. The van der Waals surface area contributed by atoms with E-state index in [1.54, 1.807) is 24.0 Å². The standard InChI is InChI=1S/C24H31ClN4O4/c1-18-22(26-17-33-18)23(31)29-8-6-24(7-9-29,16-32-20-5-3-4-19(25)14-20)15-21(30)28-12-10-27(2)11-13-28/h3-5,14,17H,6-13,15-16H2,1-2H3. The van der Waals surface area contributed by atoms with E-state index in [9.17, 15) is 9.59 Å². The van der Waals surface area contributed by atoms with Gasteiger partial charge in [-0.3, -0.25) is 9.59 Å². The number of likely N-dealkylation sites (tertiary alicyclic amines) is 1. The third-order valence-electron chi connectivity index (χ3n) is 6.78. The second-order valence-electron chi connectivity index (χ2n) is 9.16. The van der Waals surface area contributed by atoms with Crippen LogP contribution in [-0.2, 0) is 4.79 Å². The average molecular weight is 475 g/mol. The van der Waals surface area contributed by atoms with Gasteiger partial charge in [-0.2, -0.15) is 0 Å². The number of amides is 2. The predicted octanol–water partition coefficient (Wildman–Crippen LogP) is 3.10. The molecule has 1 aromatic heterocycles. The van der Waals surface area contributed by atoms with Gasteiger partial charge in [-0.25, -0.2) is 4.98 Å². The molecule has 0 N–H and O–H groups in total. The Morgan fingerprint density at radius 2 is 1.85 bits per heavy atom. The van der Waals surface area contributed by atoms with E-state index in [2.05, 4.69) is 16.9 Å². The fourth-order valence-corrected chi connectivity index (χ4v) is 4.68. The van der Waals surface area contributed by atoms with Gasteiger partial charge in [0.1, 0.15) is 11.5 Å². The van der Waals surface area contributed by atoms with E-state index in [1.165, 1.54) is 6.39 Å². The highest BCUT2D eigenvalue weighted by atomic mass is 35.5. The number of aryl methyl sites for hydroxylation is 1. The van der Waals surface area contributed by atoms with Gasteiger partial charge in [0.2, 0.25) is 5.91 Å². The minimum absolute atomic E-state index is 0.129. The zero-order valence-corrected chi connectivity index (χ0v) is 20.0. The summed E-state index contributed by atoms with van der Waals surface area (Å²) < 4.78 is 11.3. The first-order valence-corrected chi connectivity index (χ1v) is 11.8. The Kier molecular flexibility index (Phi) is 7.24. The van der Waals surface area contributed by atoms with Crippen LogP contribution in [0.2, 0.25) is 5.02 Å². The van der Waals surface area contributed by atoms with Gasteiger partial charge in [0.25, 0.3) is 5.91 Å². The van der Waals surface area contributed by atoms with Crippen LogP contribution < -0.4 is 4.74 Å². The molecule has 0 aliphatic carbocycles. The first-order valence-electron chi connectivity index (χ1n) is 11.4. The number of hydrogen-bond acceptors (Lipinski definition) is 6. The molecule has 2 amide bonds. The molecule has 2 aliphatic rings. The van der Waals surface area contributed by atoms with Crippen LogP contribution in [0.3, 0.4) is 0 Å². The molecule has 0 radical (unpaired) electrons. The molecular formula is C24H31ClN4O4. The summed E-state index contributed by atoms with van der Waals surface area (Å²) in [5.41, 5.74) is 0.00414. The molecule has 33 heavy (non-hydrogen) atoms. The van der Waals surface area contributed by atoms with Crippen molar-refractivity contribution >= 4 is 23.4 Å². The number of rotatable bonds is 6. The van der Waals surface area contributed by atoms with Gasteiger partial charge in [-0.15, -0.1) is 0 Å². The molecule has 0 unspecified atom stereocenters. The Morgan fingerprint density at radius 3 is 2.48 bits per heavy atom. The number of benzene rings is 1. The van der Waals surface area contributed by atoms with Crippen molar-refractivity contribution in [3.63, 3.8) is 0 Å². The van der Waals surface area contributed by atoms with Gasteiger partial charge in [0, 0.05) is 56.1 Å². The normalized spacial score (nSPS) is 18.9. The summed E-state index contributed by atoms with van der Waals surface area (Å²) in [5.74, 6) is 1.23. The SMILES string of the molecule is Cc1ocnc1C(=O)N1CCC(COc2cccc(Cl)c2)(CC(=O)N2CCN(C)CC2)CC1. The molecule has 178 valence electrons. The van der Waals surface area contributed by atoms with Gasteiger partial charge < -0.3 is 23.9 Å². The molecule has 0 spiro atoms. The van der Waals surface area contributed by atoms with E-state index in [-0.39, 0.29) is 17.2 Å². The third-order valence-corrected chi connectivity index (χ3v) is 7.02. The number of hydrogen-bond donors (Lipinski definition) is 0. The predicted molar refractivity (Wildman–Crippen MR) is 124 cm³/mol. The van der Waals surface area contributed by atoms with Gasteiger partial charge in [-0.1, -0.05) is 17.7 Å². The average Bonchev–Trinajstić information content (AvgIpc) is 3.24. The van der Waals surface area contributed by atoms with Crippen LogP contribution in [0.5, 0.6) is 5.75 Å². The van der Waals surface area contributed by atoms with Gasteiger partial charge in [-0.05, 0) is 45.0 Å². The molecule has 2 aliphatic heterocycles. The molecule has 0 bridgehead atoms. The van der Waals surface area contributed by atoms with Crippen molar-refractivity contribution in [3.05, 3.63) is 47.1 Å². The lowest BCUT2D eigenvalue weighted by atomic mass is 9.75. The van der Waals surface area contributed by atoms with Gasteiger partial charge in [0.15, 0.2) is 12.1 Å². The van der Waals surface area contributed by atoms with Gasteiger partial charge in [0.05, 0.1) is 6.61 Å². The molecule has 0 saturated carbocycles. The highest BCUT2D eigenvalue weighted by Gasteiger charge is 2.40. The number of nitrogens with zero attached hydrogens (tertiary/aromatic N) is 4. The summed E-state index contributed by atoms with van der Waals surface area (Å²) >= 11 is 6.11. The Labute approximate surface area is 199 Å². The molecule has 0 atom stereocenters. The molecule has 4 rings (SSSR count). The third kappa shape index (κ3) is 5.68. The van der Waals surface area contributed by atoms with Crippen molar-refractivity contribution in [2.24, 2.45) is 5.41 Å². The number of likely N-dealkylation sites (N-methyl/N-ethyl adjacent to an activating group) is 1. The second-order valence-corrected chi connectivity index (χ2v) is 9.59. The van der Waals surface area contributed by atoms with Crippen LogP contribution in [0.1, 0.15) is 35.5 Å². The number of aromatic nitrogens is 1. The summed E-state index contributed by atoms with van der Waals surface area (Å²) in [6.45, 7) is 6.49. The molecule has 2 aromatic rings. The number of oxazole rings is 1. The number of carbonyl (C=O) groups is 2. The minimum Gasteiger partial charge on any atom is -0.493 e. The van der Waals surface area contributed by atoms with E-state index in [0.29, 0.717) is 61.2 Å². The van der Waals surface area contributed by atoms with E-state index in [4.69, 9.17) is 20.8 Å². The van der Waals surface area contributed by atoms with Crippen LogP contribution in [-0.4, -0.2) is 84.4 Å². The Morgan fingerprint density at radius 1 is 1.12 bits per heavy atom. The fraction of sp³-hybridized carbons (Fsp3) is 0.542. The lowest BCUT2D eigenvalue weighted by Crippen LogP contribution is -2.51. The van der Waals surface area contributed by atoms with E-state index >= 15 is 0 Å². The topological polar surface area (TPSA) is 79.1 Å². The summed E-state index contributed by atoms with van der Waals surface area (Å²) in [7, 11) is 2.07. The van der Waals surface area contributed by atoms with Crippen LogP contribution in [0.25, 0.3) is 0 Å². The van der Waals surface area contributed by atoms with Crippen LogP contribution in [0.4, 0.5) is 0 Å². The number of halogens is 1. The van der Waals surface area contributed by atoms with E-state index < -0.39 is 0 Å². The fourth-order valence-electron chi connectivity index (χ4n) is 4.50. The van der Waals surface area contributed by atoms with Crippen molar-refractivity contribution < 1.29 is 18.7 Å². The monoisotopic (exact) mass is 474 g/mol. The smallest absolute Gasteiger partial charge is 0.276 e. The summed E-state index contributed by atoms with van der Waals surface area (Å²) in [5, 5.41) is 0.610. The summed E-state index contributed by atoms with van der Waals surface area (Å²) in [4.78, 5) is 36.2. The van der Waals surface area contributed by atoms with Crippen molar-refractivity contribution in [1.29, 1.82) is 0 Å². The Balaban J connectivity index is 1.45. The highest BCUT2D eigenvalue weighted by Crippen LogP contribution is 2.37. The zero-order chi connectivity index (χ0) is 23.4. The van der Waals surface area contributed by atoms with Crippen molar-refractivity contribution in [2.75, 3.05) is 52.9 Å². The lowest BCUT2D eigenvalue weighted by molar-refractivity contribution is -0.136. The number of ether oxygens (including phenoxy) is 1. The molecule has 3 heterocycles. The molecule has 8 nitrogen and oxygen atoms in total. The molecule has 9 heteroatoms. The van der Waals surface area contributed by atoms with Crippen molar-refractivity contribution in [3.8, 4) is 5.75 Å². The first kappa shape index (κ1) is 23.6. The maximum atomic E-state index is 13.2. The highest BCUT2D eigenvalue weighted by molar-refractivity contribution is 6.30. The Bertz CT molecular complexity index is 978. The lowest BCUT2D eigenvalue weighted by Gasteiger charge is -2.42. The largest absolute Gasteiger partial charge is 0.493 e. The zero-order valence-electron chi connectivity index (χ0n) is 19.3. The van der Waals surface area contributed by atoms with Crippen LogP contribution in [0.15, 0.2) is 35.1 Å². The second kappa shape index (κ2) is 10.1. The van der Waals surface area contributed by atoms with Crippen molar-refractivity contribution in [2.45, 2.75) is 26.2 Å². The molecule has 2 saturated heterocycles. The number of piperazine rings is 1. The maximum Gasteiger partial charge on any atom is 0.276 e. The first-order chi connectivity index (χ1) is 15.8. The van der Waals surface area contributed by atoms with E-state index in [1.807, 2.05) is 17.0 Å². The van der Waals surface area contributed by atoms with E-state index in [0.717, 1.165) is 26.2 Å². The summed E-state index contributed by atoms with van der Waals surface area (Å²) in [6.07, 6.45) is 3.05. The van der Waals surface area contributed by atoms with Crippen LogP contribution >= 0.6 is 11.6 Å². The van der Waals surface area contributed by atoms with Crippen molar-refractivity contribution in [1.82, 2.24) is 19.7 Å². The molecular weight excluding hydrogens is 444 g/mol. The maximum absolute atomic E-state index is 13.2. The Hall–Kier alpha value is -2.58. The molecule has 1 aromatic carbocycles. The minimum atomic E-state index is -0.349. The van der Waals surface area contributed by atoms with Gasteiger partial charge >= 0.3 is 0 Å². The van der Waals surface area contributed by atoms with Crippen LogP contribution in [0, 0.1) is 12.3 Å². The molecule has 2 fully saturated rings. The number of carbonyl (C=O) groups excluding carboxylic acids is 2. The quantitative estimate of drug-likeness (QED) is 0.640. The number of piperidine rings is 1.